The van der Waals surface area contributed by atoms with Crippen molar-refractivity contribution in [3.63, 3.8) is 0 Å². The van der Waals surface area contributed by atoms with Gasteiger partial charge < -0.3 is 10.2 Å². The van der Waals surface area contributed by atoms with E-state index in [1.165, 1.54) is 0 Å². The molecule has 25 heavy (non-hydrogen) atoms. The number of carbonyl (C=O) groups is 2. The van der Waals surface area contributed by atoms with Crippen molar-refractivity contribution in [2.45, 2.75) is 25.6 Å². The van der Waals surface area contributed by atoms with E-state index in [-0.39, 0.29) is 12.5 Å². The van der Waals surface area contributed by atoms with Gasteiger partial charge >= 0.3 is 6.18 Å². The predicted octanol–water partition coefficient (Wildman–Crippen LogP) is 2.67. The SMILES string of the molecule is O=C(Cn1ccc(C(F)(F)F)n1)Nc1ccc(N2CCCC2=O)cc1. The first-order valence-corrected chi connectivity index (χ1v) is 7.64. The molecular formula is C16H15F3N4O2. The second-order valence-electron chi connectivity index (χ2n) is 5.64. The summed E-state index contributed by atoms with van der Waals surface area (Å²) in [4.78, 5) is 25.3. The average Bonchev–Trinajstić information content (AvgIpc) is 3.17. The van der Waals surface area contributed by atoms with Crippen LogP contribution in [-0.2, 0) is 22.3 Å². The molecule has 6 nitrogen and oxygen atoms in total. The molecule has 2 heterocycles. The van der Waals surface area contributed by atoms with Gasteiger partial charge in [-0.2, -0.15) is 18.3 Å². The summed E-state index contributed by atoms with van der Waals surface area (Å²) >= 11 is 0. The third kappa shape index (κ3) is 3.98. The van der Waals surface area contributed by atoms with E-state index in [0.29, 0.717) is 18.7 Å². The number of rotatable bonds is 4. The van der Waals surface area contributed by atoms with Crippen LogP contribution < -0.4 is 10.2 Å². The second-order valence-corrected chi connectivity index (χ2v) is 5.64. The number of alkyl halides is 3. The molecule has 0 unspecified atom stereocenters. The number of carbonyl (C=O) groups excluding carboxylic acids is 2. The fraction of sp³-hybridized carbons (Fsp3) is 0.312. The van der Waals surface area contributed by atoms with Crippen LogP contribution in [0.15, 0.2) is 36.5 Å². The van der Waals surface area contributed by atoms with Crippen molar-refractivity contribution in [2.75, 3.05) is 16.8 Å². The maximum absolute atomic E-state index is 12.5. The molecule has 1 N–H and O–H groups in total. The van der Waals surface area contributed by atoms with Crippen molar-refractivity contribution in [2.24, 2.45) is 0 Å². The van der Waals surface area contributed by atoms with Crippen molar-refractivity contribution in [3.05, 3.63) is 42.2 Å². The molecule has 1 saturated heterocycles. The summed E-state index contributed by atoms with van der Waals surface area (Å²) in [5.41, 5.74) is 0.200. The molecule has 1 aromatic carbocycles. The number of anilines is 2. The quantitative estimate of drug-likeness (QED) is 0.920. The Labute approximate surface area is 141 Å². The standard InChI is InChI=1S/C16H15F3N4O2/c17-16(18,19)13-7-9-22(21-13)10-14(24)20-11-3-5-12(6-4-11)23-8-1-2-15(23)25/h3-7,9H,1-2,8,10H2,(H,20,24). The third-order valence-electron chi connectivity index (χ3n) is 3.77. The van der Waals surface area contributed by atoms with Gasteiger partial charge in [-0.15, -0.1) is 0 Å². The smallest absolute Gasteiger partial charge is 0.324 e. The maximum atomic E-state index is 12.5. The molecule has 0 spiro atoms. The van der Waals surface area contributed by atoms with E-state index >= 15 is 0 Å². The van der Waals surface area contributed by atoms with Gasteiger partial charge in [0.1, 0.15) is 6.54 Å². The van der Waals surface area contributed by atoms with Crippen LogP contribution in [0.3, 0.4) is 0 Å². The van der Waals surface area contributed by atoms with E-state index in [4.69, 9.17) is 0 Å². The van der Waals surface area contributed by atoms with E-state index in [0.717, 1.165) is 29.1 Å². The topological polar surface area (TPSA) is 67.2 Å². The average molecular weight is 352 g/mol. The number of amides is 2. The Morgan fingerprint density at radius 1 is 1.20 bits per heavy atom. The van der Waals surface area contributed by atoms with Crippen LogP contribution in [0.2, 0.25) is 0 Å². The number of nitrogens with one attached hydrogen (secondary N) is 1. The van der Waals surface area contributed by atoms with Gasteiger partial charge in [-0.3, -0.25) is 14.3 Å². The van der Waals surface area contributed by atoms with Gasteiger partial charge in [-0.1, -0.05) is 0 Å². The molecule has 1 aliphatic heterocycles. The molecular weight excluding hydrogens is 337 g/mol. The molecule has 1 fully saturated rings. The first kappa shape index (κ1) is 17.0. The number of benzene rings is 1. The largest absolute Gasteiger partial charge is 0.435 e. The highest BCUT2D eigenvalue weighted by molar-refractivity contribution is 5.96. The summed E-state index contributed by atoms with van der Waals surface area (Å²) in [6, 6.07) is 7.53. The normalized spacial score (nSPS) is 14.8. The summed E-state index contributed by atoms with van der Waals surface area (Å²) < 4.78 is 38.3. The highest BCUT2D eigenvalue weighted by Crippen LogP contribution is 2.27. The molecule has 1 aliphatic rings. The van der Waals surface area contributed by atoms with Crippen LogP contribution in [0, 0.1) is 0 Å². The molecule has 3 rings (SSSR count). The summed E-state index contributed by atoms with van der Waals surface area (Å²) in [5.74, 6) is -0.433. The van der Waals surface area contributed by atoms with E-state index < -0.39 is 17.8 Å². The van der Waals surface area contributed by atoms with Gasteiger partial charge in [-0.05, 0) is 36.8 Å². The van der Waals surface area contributed by atoms with Crippen LogP contribution in [0.1, 0.15) is 18.5 Å². The van der Waals surface area contributed by atoms with Crippen molar-refractivity contribution in [1.82, 2.24) is 9.78 Å². The Balaban J connectivity index is 1.59. The number of nitrogens with zero attached hydrogens (tertiary/aromatic N) is 3. The number of hydrogen-bond acceptors (Lipinski definition) is 3. The van der Waals surface area contributed by atoms with Crippen molar-refractivity contribution in [1.29, 1.82) is 0 Å². The molecule has 0 bridgehead atoms. The molecule has 9 heteroatoms. The van der Waals surface area contributed by atoms with Gasteiger partial charge in [-0.25, -0.2) is 0 Å². The molecule has 1 aromatic heterocycles. The molecule has 0 radical (unpaired) electrons. The minimum Gasteiger partial charge on any atom is -0.324 e. The Hall–Kier alpha value is -2.84. The van der Waals surface area contributed by atoms with Gasteiger partial charge in [0.15, 0.2) is 5.69 Å². The lowest BCUT2D eigenvalue weighted by Gasteiger charge is -2.16. The van der Waals surface area contributed by atoms with Gasteiger partial charge in [0.25, 0.3) is 0 Å². The summed E-state index contributed by atoms with van der Waals surface area (Å²) in [5, 5.41) is 5.91. The van der Waals surface area contributed by atoms with Crippen LogP contribution in [0.4, 0.5) is 24.5 Å². The van der Waals surface area contributed by atoms with Crippen LogP contribution in [0.25, 0.3) is 0 Å². The Morgan fingerprint density at radius 2 is 1.92 bits per heavy atom. The van der Waals surface area contributed by atoms with Crippen molar-refractivity contribution in [3.8, 4) is 0 Å². The fourth-order valence-corrected chi connectivity index (χ4v) is 2.59. The molecule has 0 saturated carbocycles. The van der Waals surface area contributed by atoms with Gasteiger partial charge in [0, 0.05) is 30.5 Å². The van der Waals surface area contributed by atoms with E-state index in [1.807, 2.05) is 0 Å². The monoisotopic (exact) mass is 352 g/mol. The Morgan fingerprint density at radius 3 is 2.48 bits per heavy atom. The predicted molar refractivity (Wildman–Crippen MR) is 83.9 cm³/mol. The minimum absolute atomic E-state index is 0.0657. The third-order valence-corrected chi connectivity index (χ3v) is 3.77. The van der Waals surface area contributed by atoms with Crippen LogP contribution in [0.5, 0.6) is 0 Å². The van der Waals surface area contributed by atoms with E-state index in [1.54, 1.807) is 29.2 Å². The van der Waals surface area contributed by atoms with Crippen LogP contribution in [-0.4, -0.2) is 28.1 Å². The summed E-state index contributed by atoms with van der Waals surface area (Å²) in [6.45, 7) is 0.341. The summed E-state index contributed by atoms with van der Waals surface area (Å²) in [7, 11) is 0. The molecule has 0 atom stereocenters. The highest BCUT2D eigenvalue weighted by atomic mass is 19.4. The van der Waals surface area contributed by atoms with E-state index in [2.05, 4.69) is 10.4 Å². The van der Waals surface area contributed by atoms with Gasteiger partial charge in [0.05, 0.1) is 0 Å². The lowest BCUT2D eigenvalue weighted by atomic mass is 10.2. The van der Waals surface area contributed by atoms with Gasteiger partial charge in [0.2, 0.25) is 11.8 Å². The molecule has 0 aliphatic carbocycles. The number of hydrogen-bond donors (Lipinski definition) is 1. The first-order chi connectivity index (χ1) is 11.8. The molecule has 2 amide bonds. The minimum atomic E-state index is -4.54. The Bertz CT molecular complexity index is 783. The van der Waals surface area contributed by atoms with Crippen molar-refractivity contribution < 1.29 is 22.8 Å². The zero-order valence-electron chi connectivity index (χ0n) is 13.1. The second kappa shape index (κ2) is 6.58. The number of aromatic nitrogens is 2. The van der Waals surface area contributed by atoms with Crippen molar-refractivity contribution >= 4 is 23.2 Å². The lowest BCUT2D eigenvalue weighted by molar-refractivity contribution is -0.141. The molecule has 2 aromatic rings. The lowest BCUT2D eigenvalue weighted by Crippen LogP contribution is -2.23. The molecule has 132 valence electrons. The zero-order valence-corrected chi connectivity index (χ0v) is 13.1. The Kier molecular flexibility index (Phi) is 4.47. The fourth-order valence-electron chi connectivity index (χ4n) is 2.59. The highest BCUT2D eigenvalue weighted by Gasteiger charge is 2.33. The maximum Gasteiger partial charge on any atom is 0.435 e. The van der Waals surface area contributed by atoms with Crippen LogP contribution >= 0.6 is 0 Å². The number of halogens is 3. The first-order valence-electron chi connectivity index (χ1n) is 7.64. The summed E-state index contributed by atoms with van der Waals surface area (Å²) in [6.07, 6.45) is -2.08. The van der Waals surface area contributed by atoms with E-state index in [9.17, 15) is 22.8 Å². The zero-order chi connectivity index (χ0) is 18.0.